The Morgan fingerprint density at radius 1 is 1.09 bits per heavy atom. The molecule has 3 heteroatoms. The highest BCUT2D eigenvalue weighted by Gasteiger charge is 2.11. The number of ketones is 1. The van der Waals surface area contributed by atoms with Crippen LogP contribution in [-0.2, 0) is 6.42 Å². The van der Waals surface area contributed by atoms with Gasteiger partial charge in [0.2, 0.25) is 5.52 Å². The fourth-order valence-corrected chi connectivity index (χ4v) is 2.63. The fourth-order valence-electron chi connectivity index (χ4n) is 2.63. The number of carbonyl (C=O) groups excluding carboxylic acids is 1. The van der Waals surface area contributed by atoms with Gasteiger partial charge in [0, 0.05) is 29.0 Å². The Balaban J connectivity index is 1.82. The minimum atomic E-state index is 0.102. The zero-order valence-electron chi connectivity index (χ0n) is 12.5. The molecule has 0 N–H and O–H groups in total. The molecule has 0 saturated carbocycles. The maximum absolute atomic E-state index is 12.3. The number of aromatic nitrogens is 1. The van der Waals surface area contributed by atoms with Gasteiger partial charge in [0.1, 0.15) is 0 Å². The van der Waals surface area contributed by atoms with E-state index in [2.05, 4.69) is 0 Å². The molecule has 0 aliphatic heterocycles. The minimum absolute atomic E-state index is 0.102. The summed E-state index contributed by atoms with van der Waals surface area (Å²) in [4.78, 5) is 12.3. The average Bonchev–Trinajstić information content (AvgIpc) is 2.53. The second-order valence-corrected chi connectivity index (χ2v) is 5.53. The summed E-state index contributed by atoms with van der Waals surface area (Å²) >= 11 is 0. The molecule has 3 aromatic rings. The molecule has 0 spiro atoms. The van der Waals surface area contributed by atoms with Crippen molar-refractivity contribution in [2.75, 3.05) is 0 Å². The summed E-state index contributed by atoms with van der Waals surface area (Å²) in [6.45, 7) is 1.87. The third-order valence-electron chi connectivity index (χ3n) is 3.77. The lowest BCUT2D eigenvalue weighted by atomic mass is 10.0. The van der Waals surface area contributed by atoms with E-state index in [-0.39, 0.29) is 5.78 Å². The number of nitrogens with zero attached hydrogens (tertiary/aromatic N) is 1. The van der Waals surface area contributed by atoms with Gasteiger partial charge in [-0.3, -0.25) is 4.79 Å². The molecule has 110 valence electrons. The molecule has 0 aliphatic rings. The molecule has 1 aromatic heterocycles. The largest absolute Gasteiger partial charge is 0.618 e. The quantitative estimate of drug-likeness (QED) is 0.419. The van der Waals surface area contributed by atoms with E-state index in [1.165, 1.54) is 0 Å². The summed E-state index contributed by atoms with van der Waals surface area (Å²) in [6, 6.07) is 17.2. The number of fused-ring (bicyclic) bond motifs is 1. The maximum Gasteiger partial charge on any atom is 0.223 e. The highest BCUT2D eigenvalue weighted by atomic mass is 16.5. The Morgan fingerprint density at radius 2 is 1.86 bits per heavy atom. The van der Waals surface area contributed by atoms with Crippen molar-refractivity contribution in [3.05, 3.63) is 82.7 Å². The van der Waals surface area contributed by atoms with Gasteiger partial charge in [0.25, 0.3) is 0 Å². The minimum Gasteiger partial charge on any atom is -0.618 e. The van der Waals surface area contributed by atoms with Crippen LogP contribution in [0.1, 0.15) is 27.9 Å². The third-order valence-corrected chi connectivity index (χ3v) is 3.77. The molecule has 0 atom stereocenters. The van der Waals surface area contributed by atoms with Crippen LogP contribution in [0.2, 0.25) is 0 Å². The Hall–Kier alpha value is -2.68. The number of rotatable bonds is 4. The Morgan fingerprint density at radius 3 is 2.64 bits per heavy atom. The molecular weight excluding hydrogens is 274 g/mol. The monoisotopic (exact) mass is 291 g/mol. The van der Waals surface area contributed by atoms with Gasteiger partial charge in [0.15, 0.2) is 12.0 Å². The second kappa shape index (κ2) is 5.98. The van der Waals surface area contributed by atoms with Crippen molar-refractivity contribution in [2.45, 2.75) is 19.8 Å². The molecule has 0 aliphatic carbocycles. The molecule has 0 unspecified atom stereocenters. The molecule has 22 heavy (non-hydrogen) atoms. The van der Waals surface area contributed by atoms with Crippen molar-refractivity contribution in [3.63, 3.8) is 0 Å². The first kappa shape index (κ1) is 14.3. The Labute approximate surface area is 129 Å². The molecule has 3 rings (SSSR count). The third kappa shape index (κ3) is 2.98. The van der Waals surface area contributed by atoms with Crippen LogP contribution < -0.4 is 4.73 Å². The van der Waals surface area contributed by atoms with Crippen molar-refractivity contribution in [1.29, 1.82) is 0 Å². The molecule has 0 fully saturated rings. The van der Waals surface area contributed by atoms with Crippen LogP contribution in [0.4, 0.5) is 0 Å². The normalized spacial score (nSPS) is 10.8. The van der Waals surface area contributed by atoms with Gasteiger partial charge in [-0.25, -0.2) is 0 Å². The summed E-state index contributed by atoms with van der Waals surface area (Å²) < 4.78 is 0.850. The van der Waals surface area contributed by atoms with Crippen LogP contribution in [0.25, 0.3) is 10.9 Å². The SMILES string of the molecule is Cc1cc2cc(C(=O)CCc3ccccc3)ccc2[n+]([O-])c1. The van der Waals surface area contributed by atoms with Crippen molar-refractivity contribution in [3.8, 4) is 0 Å². The second-order valence-electron chi connectivity index (χ2n) is 5.53. The molecule has 0 amide bonds. The molecule has 3 nitrogen and oxygen atoms in total. The average molecular weight is 291 g/mol. The van der Waals surface area contributed by atoms with E-state index in [0.717, 1.165) is 27.7 Å². The van der Waals surface area contributed by atoms with Crippen molar-refractivity contribution in [1.82, 2.24) is 0 Å². The van der Waals surface area contributed by atoms with E-state index in [0.29, 0.717) is 17.5 Å². The predicted molar refractivity (Wildman–Crippen MR) is 86.7 cm³/mol. The standard InChI is InChI=1S/C19H17NO2/c1-14-11-17-12-16(8-9-18(17)20(22)13-14)19(21)10-7-15-5-3-2-4-6-15/h2-6,8-9,11-13H,7,10H2,1H3. The zero-order valence-corrected chi connectivity index (χ0v) is 12.5. The van der Waals surface area contributed by atoms with Crippen LogP contribution in [0.15, 0.2) is 60.8 Å². The number of benzene rings is 2. The van der Waals surface area contributed by atoms with Crippen molar-refractivity contribution in [2.24, 2.45) is 0 Å². The lowest BCUT2D eigenvalue weighted by Gasteiger charge is -2.06. The smallest absolute Gasteiger partial charge is 0.223 e. The molecule has 0 radical (unpaired) electrons. The van der Waals surface area contributed by atoms with Gasteiger partial charge in [-0.15, -0.1) is 0 Å². The summed E-state index contributed by atoms with van der Waals surface area (Å²) in [5.74, 6) is 0.102. The van der Waals surface area contributed by atoms with E-state index >= 15 is 0 Å². The highest BCUT2D eigenvalue weighted by molar-refractivity contribution is 5.99. The summed E-state index contributed by atoms with van der Waals surface area (Å²) in [5, 5.41) is 12.6. The Bertz CT molecular complexity index is 825. The van der Waals surface area contributed by atoms with Crippen LogP contribution in [-0.4, -0.2) is 5.78 Å². The van der Waals surface area contributed by atoms with Crippen LogP contribution in [0.3, 0.4) is 0 Å². The first-order valence-corrected chi connectivity index (χ1v) is 7.34. The maximum atomic E-state index is 12.3. The van der Waals surface area contributed by atoms with Gasteiger partial charge in [-0.1, -0.05) is 30.3 Å². The number of carbonyl (C=O) groups is 1. The lowest BCUT2D eigenvalue weighted by molar-refractivity contribution is -0.577. The highest BCUT2D eigenvalue weighted by Crippen LogP contribution is 2.16. The molecule has 1 heterocycles. The zero-order chi connectivity index (χ0) is 15.5. The molecule has 2 aromatic carbocycles. The Kier molecular flexibility index (Phi) is 3.88. The molecule has 0 bridgehead atoms. The van der Waals surface area contributed by atoms with E-state index < -0.39 is 0 Å². The summed E-state index contributed by atoms with van der Waals surface area (Å²) in [7, 11) is 0. The van der Waals surface area contributed by atoms with E-state index in [9.17, 15) is 10.0 Å². The molecule has 0 saturated heterocycles. The van der Waals surface area contributed by atoms with Crippen LogP contribution in [0.5, 0.6) is 0 Å². The van der Waals surface area contributed by atoms with Crippen molar-refractivity contribution >= 4 is 16.7 Å². The first-order valence-electron chi connectivity index (χ1n) is 7.34. The van der Waals surface area contributed by atoms with Gasteiger partial charge in [-0.2, -0.15) is 4.73 Å². The number of pyridine rings is 1. The fraction of sp³-hybridized carbons (Fsp3) is 0.158. The van der Waals surface area contributed by atoms with Gasteiger partial charge >= 0.3 is 0 Å². The number of aryl methyl sites for hydroxylation is 2. The van der Waals surface area contributed by atoms with Crippen LogP contribution in [0, 0.1) is 12.1 Å². The van der Waals surface area contributed by atoms with E-state index in [1.807, 2.05) is 49.4 Å². The number of hydrogen-bond donors (Lipinski definition) is 0. The topological polar surface area (TPSA) is 44.0 Å². The van der Waals surface area contributed by atoms with E-state index in [4.69, 9.17) is 0 Å². The van der Waals surface area contributed by atoms with Gasteiger partial charge in [0.05, 0.1) is 0 Å². The van der Waals surface area contributed by atoms with Gasteiger partial charge in [-0.05, 0) is 37.1 Å². The van der Waals surface area contributed by atoms with Crippen molar-refractivity contribution < 1.29 is 9.52 Å². The lowest BCUT2D eigenvalue weighted by Crippen LogP contribution is -2.26. The first-order chi connectivity index (χ1) is 10.6. The number of hydrogen-bond acceptors (Lipinski definition) is 2. The summed E-state index contributed by atoms with van der Waals surface area (Å²) in [6.07, 6.45) is 2.74. The number of Topliss-reactive ketones (excluding diaryl/α,β-unsaturated/α-hetero) is 1. The van der Waals surface area contributed by atoms with Gasteiger partial charge < -0.3 is 5.21 Å². The predicted octanol–water partition coefficient (Wildman–Crippen LogP) is 3.60. The molecular formula is C19H17NO2. The van der Waals surface area contributed by atoms with E-state index in [1.54, 1.807) is 18.3 Å². The van der Waals surface area contributed by atoms with Crippen LogP contribution >= 0.6 is 0 Å². The summed E-state index contributed by atoms with van der Waals surface area (Å²) in [5.41, 5.74) is 3.29.